The van der Waals surface area contributed by atoms with Gasteiger partial charge < -0.3 is 19.8 Å². The van der Waals surface area contributed by atoms with Gasteiger partial charge in [0, 0.05) is 23.0 Å². The molecule has 0 saturated heterocycles. The van der Waals surface area contributed by atoms with Gasteiger partial charge in [-0.25, -0.2) is 9.59 Å². The summed E-state index contributed by atoms with van der Waals surface area (Å²) in [6, 6.07) is 16.8. The number of carboxylic acid groups (broad SMARTS) is 2. The lowest BCUT2D eigenvalue weighted by Gasteiger charge is -2.17. The molecule has 2 N–H and O–H groups in total. The molecule has 1 aliphatic heterocycles. The molecule has 2 aromatic carbocycles. The van der Waals surface area contributed by atoms with E-state index in [1.807, 2.05) is 23.9 Å². The Kier molecular flexibility index (Phi) is 8.76. The monoisotopic (exact) mass is 415 g/mol. The van der Waals surface area contributed by atoms with Gasteiger partial charge in [-0.05, 0) is 51.7 Å². The summed E-state index contributed by atoms with van der Waals surface area (Å²) in [6.45, 7) is 1.13. The van der Waals surface area contributed by atoms with Crippen LogP contribution in [-0.4, -0.2) is 47.7 Å². The topological polar surface area (TPSA) is 87.1 Å². The molecule has 1 aliphatic rings. The summed E-state index contributed by atoms with van der Waals surface area (Å²) < 4.78 is 6.13. The molecule has 1 unspecified atom stereocenters. The van der Waals surface area contributed by atoms with Crippen molar-refractivity contribution in [3.8, 4) is 11.5 Å². The number of hydrogen-bond acceptors (Lipinski definition) is 5. The number of aliphatic carboxylic acids is 2. The first-order valence-corrected chi connectivity index (χ1v) is 10.1. The summed E-state index contributed by atoms with van der Waals surface area (Å²) in [7, 11) is 4.26. The third-order valence-electron chi connectivity index (χ3n) is 4.04. The summed E-state index contributed by atoms with van der Waals surface area (Å²) in [6.07, 6.45) is 3.48. The first-order chi connectivity index (χ1) is 13.9. The highest BCUT2D eigenvalue weighted by molar-refractivity contribution is 7.99. The predicted molar refractivity (Wildman–Crippen MR) is 114 cm³/mol. The van der Waals surface area contributed by atoms with E-state index in [0.29, 0.717) is 17.4 Å². The zero-order chi connectivity index (χ0) is 21.2. The summed E-state index contributed by atoms with van der Waals surface area (Å²) >= 11 is 1.93. The first kappa shape index (κ1) is 22.5. The molecule has 0 amide bonds. The van der Waals surface area contributed by atoms with Gasteiger partial charge in [-0.1, -0.05) is 30.3 Å². The molecular weight excluding hydrogens is 390 g/mol. The van der Waals surface area contributed by atoms with Crippen molar-refractivity contribution in [3.05, 3.63) is 66.2 Å². The largest absolute Gasteiger partial charge is 0.478 e. The number of hydrogen-bond donors (Lipinski definition) is 2. The zero-order valence-corrected chi connectivity index (χ0v) is 17.3. The van der Waals surface area contributed by atoms with Crippen molar-refractivity contribution in [1.82, 2.24) is 4.90 Å². The van der Waals surface area contributed by atoms with Crippen molar-refractivity contribution in [2.75, 3.05) is 20.6 Å². The van der Waals surface area contributed by atoms with Gasteiger partial charge in [0.15, 0.2) is 0 Å². The van der Waals surface area contributed by atoms with E-state index in [1.54, 1.807) is 0 Å². The highest BCUT2D eigenvalue weighted by Gasteiger charge is 2.23. The lowest BCUT2D eigenvalue weighted by molar-refractivity contribution is -0.134. The Hall–Kier alpha value is -2.77. The van der Waals surface area contributed by atoms with E-state index >= 15 is 0 Å². The molecule has 0 radical (unpaired) electrons. The van der Waals surface area contributed by atoms with Gasteiger partial charge in [0.2, 0.25) is 0 Å². The van der Waals surface area contributed by atoms with Crippen LogP contribution in [0.5, 0.6) is 11.5 Å². The number of rotatable bonds is 6. The molecule has 1 atom stereocenters. The fourth-order valence-corrected chi connectivity index (χ4v) is 4.05. The van der Waals surface area contributed by atoms with Crippen molar-refractivity contribution in [3.63, 3.8) is 0 Å². The summed E-state index contributed by atoms with van der Waals surface area (Å²) in [5.41, 5.74) is 1.32. The molecule has 0 spiro atoms. The van der Waals surface area contributed by atoms with Gasteiger partial charge in [-0.3, -0.25) is 0 Å². The number of para-hydroxylation sites is 2. The number of carboxylic acids is 2. The van der Waals surface area contributed by atoms with E-state index in [0.717, 1.165) is 24.5 Å². The van der Waals surface area contributed by atoms with Crippen LogP contribution in [0, 0.1) is 0 Å². The Morgan fingerprint density at radius 1 is 1.00 bits per heavy atom. The first-order valence-electron chi connectivity index (χ1n) is 9.18. The van der Waals surface area contributed by atoms with Crippen LogP contribution in [0.1, 0.15) is 23.7 Å². The lowest BCUT2D eigenvalue weighted by Crippen LogP contribution is -2.13. The molecule has 0 aliphatic carbocycles. The molecule has 6 nitrogen and oxygen atoms in total. The van der Waals surface area contributed by atoms with Crippen LogP contribution in [0.2, 0.25) is 0 Å². The number of nitrogens with zero attached hydrogens (tertiary/aromatic N) is 1. The van der Waals surface area contributed by atoms with Crippen molar-refractivity contribution in [1.29, 1.82) is 0 Å². The molecular formula is C22H25NO5S. The maximum atomic E-state index is 9.55. The molecule has 0 bridgehead atoms. The van der Waals surface area contributed by atoms with Gasteiger partial charge in [-0.15, -0.1) is 11.8 Å². The molecule has 154 valence electrons. The summed E-state index contributed by atoms with van der Waals surface area (Å²) in [5, 5.41) is 16.1. The number of carbonyl (C=O) groups is 2. The molecule has 2 aromatic rings. The fraction of sp³-hybridized carbons (Fsp3) is 0.273. The average Bonchev–Trinajstić information content (AvgIpc) is 2.83. The van der Waals surface area contributed by atoms with Crippen LogP contribution < -0.4 is 4.74 Å². The van der Waals surface area contributed by atoms with Gasteiger partial charge in [0.25, 0.3) is 0 Å². The van der Waals surface area contributed by atoms with Crippen LogP contribution in [0.15, 0.2) is 65.6 Å². The molecule has 29 heavy (non-hydrogen) atoms. The van der Waals surface area contributed by atoms with Crippen LogP contribution >= 0.6 is 11.8 Å². The van der Waals surface area contributed by atoms with Crippen LogP contribution in [0.4, 0.5) is 0 Å². The molecule has 0 fully saturated rings. The predicted octanol–water partition coefficient (Wildman–Crippen LogP) is 4.68. The quantitative estimate of drug-likeness (QED) is 0.663. The lowest BCUT2D eigenvalue weighted by atomic mass is 10.1. The number of benzene rings is 2. The van der Waals surface area contributed by atoms with Crippen LogP contribution in [-0.2, 0) is 9.59 Å². The second kappa shape index (κ2) is 11.3. The highest BCUT2D eigenvalue weighted by atomic mass is 32.2. The third kappa shape index (κ3) is 7.63. The summed E-state index contributed by atoms with van der Waals surface area (Å²) in [5.74, 6) is -0.533. The van der Waals surface area contributed by atoms with E-state index in [1.165, 1.54) is 16.9 Å². The average molecular weight is 416 g/mol. The van der Waals surface area contributed by atoms with Crippen LogP contribution in [0.3, 0.4) is 0 Å². The van der Waals surface area contributed by atoms with E-state index in [9.17, 15) is 9.59 Å². The van der Waals surface area contributed by atoms with Crippen LogP contribution in [0.25, 0.3) is 0 Å². The molecule has 7 heteroatoms. The standard InChI is InChI=1S/C18H21NOS.C4H4O4/c1-19(2)13-7-12-17-14-8-3-4-9-15(14)20-16-10-5-6-11-18(16)21-17;5-3(6)1-2-4(7)8/h3-6,8-11,17H,7,12-13H2,1-2H3;1-2H,(H,5,6)(H,7,8)/b;2-1-. The number of fused-ring (bicyclic) bond motifs is 2. The Morgan fingerprint density at radius 2 is 1.59 bits per heavy atom. The molecule has 3 rings (SSSR count). The van der Waals surface area contributed by atoms with E-state index in [4.69, 9.17) is 14.9 Å². The smallest absolute Gasteiger partial charge is 0.328 e. The van der Waals surface area contributed by atoms with Gasteiger partial charge in [0.05, 0.1) is 4.90 Å². The number of ether oxygens (including phenoxy) is 1. The van der Waals surface area contributed by atoms with Crippen molar-refractivity contribution in [2.45, 2.75) is 23.0 Å². The van der Waals surface area contributed by atoms with E-state index < -0.39 is 11.9 Å². The highest BCUT2D eigenvalue weighted by Crippen LogP contribution is 2.49. The second-order valence-electron chi connectivity index (χ2n) is 6.65. The van der Waals surface area contributed by atoms with E-state index in [2.05, 4.69) is 55.4 Å². The molecule has 0 saturated carbocycles. The maximum Gasteiger partial charge on any atom is 0.328 e. The SMILES string of the molecule is CN(C)CCCC1Sc2ccccc2Oc2ccccc21.O=C(O)/C=C\C(=O)O. The van der Waals surface area contributed by atoms with Gasteiger partial charge in [0.1, 0.15) is 11.5 Å². The van der Waals surface area contributed by atoms with Crippen molar-refractivity contribution >= 4 is 23.7 Å². The zero-order valence-electron chi connectivity index (χ0n) is 16.4. The van der Waals surface area contributed by atoms with Gasteiger partial charge >= 0.3 is 11.9 Å². The minimum atomic E-state index is -1.26. The fourth-order valence-electron chi connectivity index (χ4n) is 2.76. The second-order valence-corrected chi connectivity index (χ2v) is 7.89. The normalized spacial score (nSPS) is 14.8. The van der Waals surface area contributed by atoms with Crippen molar-refractivity contribution < 1.29 is 24.5 Å². The Labute approximate surface area is 174 Å². The third-order valence-corrected chi connectivity index (χ3v) is 5.41. The Morgan fingerprint density at radius 3 is 2.21 bits per heavy atom. The van der Waals surface area contributed by atoms with E-state index in [-0.39, 0.29) is 0 Å². The number of thioether (sulfide) groups is 1. The maximum absolute atomic E-state index is 9.55. The Balaban J connectivity index is 0.000000321. The Bertz CT molecular complexity index is 850. The van der Waals surface area contributed by atoms with Crippen molar-refractivity contribution in [2.24, 2.45) is 0 Å². The molecule has 1 heterocycles. The minimum absolute atomic E-state index is 0.463. The molecule has 0 aromatic heterocycles. The minimum Gasteiger partial charge on any atom is -0.478 e. The van der Waals surface area contributed by atoms with Gasteiger partial charge in [-0.2, -0.15) is 0 Å². The summed E-state index contributed by atoms with van der Waals surface area (Å²) in [4.78, 5) is 22.6.